The molecular weight excluding hydrogens is 292 g/mol. The number of aryl methyl sites for hydroxylation is 1. The molecule has 1 amide bonds. The number of aliphatic hydroxyl groups is 1. The molecule has 0 aliphatic rings. The predicted octanol–water partition coefficient (Wildman–Crippen LogP) is -0.247. The predicted molar refractivity (Wildman–Crippen MR) is 79.0 cm³/mol. The highest BCUT2D eigenvalue weighted by atomic mass is 32.2. The fourth-order valence-corrected chi connectivity index (χ4v) is 2.77. The molecule has 1 rings (SSSR count). The smallest absolute Gasteiger partial charge is 0.241 e. The fraction of sp³-hybridized carbons (Fsp3) is 0.357. The molecule has 0 unspecified atom stereocenters. The molecule has 21 heavy (non-hydrogen) atoms. The molecule has 1 aromatic carbocycles. The molecule has 1 aromatic rings. The molecule has 7 heteroatoms. The fourth-order valence-electron chi connectivity index (χ4n) is 1.51. The van der Waals surface area contributed by atoms with Gasteiger partial charge < -0.3 is 10.4 Å². The zero-order chi connectivity index (χ0) is 15.9. The van der Waals surface area contributed by atoms with Crippen LogP contribution in [0.3, 0.4) is 0 Å². The van der Waals surface area contributed by atoms with Crippen molar-refractivity contribution in [1.82, 2.24) is 10.0 Å². The van der Waals surface area contributed by atoms with Crippen molar-refractivity contribution in [2.45, 2.75) is 18.2 Å². The average Bonchev–Trinajstić information content (AvgIpc) is 2.46. The highest BCUT2D eigenvalue weighted by Crippen LogP contribution is 2.16. The topological polar surface area (TPSA) is 95.5 Å². The normalized spacial score (nSPS) is 10.6. The summed E-state index contributed by atoms with van der Waals surface area (Å²) >= 11 is 0. The molecule has 0 saturated heterocycles. The lowest BCUT2D eigenvalue weighted by molar-refractivity contribution is -0.119. The van der Waals surface area contributed by atoms with Crippen molar-refractivity contribution >= 4 is 15.9 Å². The Bertz CT molecular complexity index is 672. The molecule has 3 N–H and O–H groups in total. The summed E-state index contributed by atoms with van der Waals surface area (Å²) < 4.78 is 26.6. The minimum absolute atomic E-state index is 0.0439. The molecule has 0 fully saturated rings. The van der Waals surface area contributed by atoms with E-state index in [-0.39, 0.29) is 18.0 Å². The van der Waals surface area contributed by atoms with Gasteiger partial charge in [-0.15, -0.1) is 0 Å². The molecule has 0 aliphatic heterocycles. The lowest BCUT2D eigenvalue weighted by Gasteiger charge is -2.09. The summed E-state index contributed by atoms with van der Waals surface area (Å²) in [7, 11) is -2.35. The van der Waals surface area contributed by atoms with E-state index in [0.717, 1.165) is 0 Å². The Balaban J connectivity index is 3.03. The van der Waals surface area contributed by atoms with Crippen molar-refractivity contribution in [3.05, 3.63) is 29.3 Å². The van der Waals surface area contributed by atoms with E-state index in [0.29, 0.717) is 17.5 Å². The van der Waals surface area contributed by atoms with Gasteiger partial charge in [0.05, 0.1) is 18.0 Å². The molecular formula is C14H18N2O4S. The lowest BCUT2D eigenvalue weighted by Crippen LogP contribution is -2.35. The van der Waals surface area contributed by atoms with E-state index >= 15 is 0 Å². The molecule has 0 heterocycles. The second-order valence-electron chi connectivity index (χ2n) is 4.25. The van der Waals surface area contributed by atoms with E-state index < -0.39 is 15.9 Å². The van der Waals surface area contributed by atoms with Crippen molar-refractivity contribution < 1.29 is 18.3 Å². The van der Waals surface area contributed by atoms with Crippen LogP contribution in [0.15, 0.2) is 23.1 Å². The van der Waals surface area contributed by atoms with Gasteiger partial charge >= 0.3 is 0 Å². The maximum atomic E-state index is 12.2. The number of nitrogens with one attached hydrogen (secondary N) is 2. The van der Waals surface area contributed by atoms with E-state index in [1.165, 1.54) is 13.1 Å². The van der Waals surface area contributed by atoms with Gasteiger partial charge in [0.15, 0.2) is 0 Å². The summed E-state index contributed by atoms with van der Waals surface area (Å²) in [6, 6.07) is 4.81. The first-order valence-corrected chi connectivity index (χ1v) is 7.79. The van der Waals surface area contributed by atoms with Gasteiger partial charge in [0, 0.05) is 19.0 Å². The van der Waals surface area contributed by atoms with Crippen molar-refractivity contribution in [2.24, 2.45) is 0 Å². The minimum Gasteiger partial charge on any atom is -0.395 e. The number of amides is 1. The first-order chi connectivity index (χ1) is 9.90. The molecule has 0 spiro atoms. The maximum Gasteiger partial charge on any atom is 0.241 e. The highest BCUT2D eigenvalue weighted by Gasteiger charge is 2.17. The van der Waals surface area contributed by atoms with Gasteiger partial charge in [0.1, 0.15) is 0 Å². The van der Waals surface area contributed by atoms with Crippen molar-refractivity contribution in [3.8, 4) is 11.8 Å². The monoisotopic (exact) mass is 310 g/mol. The molecule has 6 nitrogen and oxygen atoms in total. The summed E-state index contributed by atoms with van der Waals surface area (Å²) in [5, 5.41) is 11.0. The Labute approximate surface area is 124 Å². The largest absolute Gasteiger partial charge is 0.395 e. The number of hydrogen-bond donors (Lipinski definition) is 3. The molecule has 0 aromatic heterocycles. The zero-order valence-corrected chi connectivity index (χ0v) is 12.8. The summed E-state index contributed by atoms with van der Waals surface area (Å²) in [5.74, 6) is 5.09. The van der Waals surface area contributed by atoms with E-state index in [1.807, 2.05) is 0 Å². The average molecular weight is 310 g/mol. The van der Waals surface area contributed by atoms with Crippen LogP contribution in [0.2, 0.25) is 0 Å². The molecule has 0 radical (unpaired) electrons. The van der Waals surface area contributed by atoms with Crippen LogP contribution >= 0.6 is 0 Å². The Morgan fingerprint density at radius 3 is 2.71 bits per heavy atom. The Morgan fingerprint density at radius 2 is 2.10 bits per heavy atom. The van der Waals surface area contributed by atoms with Crippen LogP contribution in [-0.2, 0) is 14.8 Å². The third-order valence-corrected chi connectivity index (χ3v) is 4.19. The lowest BCUT2D eigenvalue weighted by atomic mass is 10.1. The standard InChI is InChI=1S/C14H18N2O4S/c1-11-6-7-12(5-3-4-8-17)9-13(11)21(19,20)16-10-14(18)15-2/h6-7,9,16-17H,4,8,10H2,1-2H3,(H,15,18). The number of rotatable bonds is 5. The Morgan fingerprint density at radius 1 is 1.38 bits per heavy atom. The molecule has 114 valence electrons. The molecule has 0 bridgehead atoms. The maximum absolute atomic E-state index is 12.2. The summed E-state index contributed by atoms with van der Waals surface area (Å²) in [4.78, 5) is 11.2. The van der Waals surface area contributed by atoms with Gasteiger partial charge in [-0.2, -0.15) is 0 Å². The van der Waals surface area contributed by atoms with E-state index in [2.05, 4.69) is 21.9 Å². The number of sulfonamides is 1. The van der Waals surface area contributed by atoms with Gasteiger partial charge in [-0.25, -0.2) is 13.1 Å². The number of aliphatic hydroxyl groups excluding tert-OH is 1. The van der Waals surface area contributed by atoms with E-state index in [9.17, 15) is 13.2 Å². The SMILES string of the molecule is CNC(=O)CNS(=O)(=O)c1cc(C#CCCO)ccc1C. The molecule has 0 aliphatic carbocycles. The van der Waals surface area contributed by atoms with Crippen molar-refractivity contribution in [3.63, 3.8) is 0 Å². The minimum atomic E-state index is -3.78. The first-order valence-electron chi connectivity index (χ1n) is 6.31. The summed E-state index contributed by atoms with van der Waals surface area (Å²) in [5.41, 5.74) is 1.10. The third kappa shape index (κ3) is 5.19. The second-order valence-corrected chi connectivity index (χ2v) is 5.99. The van der Waals surface area contributed by atoms with Crippen molar-refractivity contribution in [2.75, 3.05) is 20.2 Å². The van der Waals surface area contributed by atoms with Crippen LogP contribution in [0.5, 0.6) is 0 Å². The number of hydrogen-bond acceptors (Lipinski definition) is 4. The first kappa shape index (κ1) is 17.2. The van der Waals surface area contributed by atoms with Crippen LogP contribution < -0.4 is 10.0 Å². The quantitative estimate of drug-likeness (QED) is 0.654. The van der Waals surface area contributed by atoms with Crippen LogP contribution in [0.4, 0.5) is 0 Å². The zero-order valence-electron chi connectivity index (χ0n) is 11.9. The van der Waals surface area contributed by atoms with Crippen LogP contribution in [-0.4, -0.2) is 39.6 Å². The molecule has 0 atom stereocenters. The third-order valence-electron chi connectivity index (χ3n) is 2.65. The van der Waals surface area contributed by atoms with Gasteiger partial charge in [0.2, 0.25) is 15.9 Å². The van der Waals surface area contributed by atoms with E-state index in [4.69, 9.17) is 5.11 Å². The van der Waals surface area contributed by atoms with Gasteiger partial charge in [-0.05, 0) is 24.6 Å². The van der Waals surface area contributed by atoms with Gasteiger partial charge in [-0.3, -0.25) is 4.79 Å². The number of likely N-dealkylation sites (N-methyl/N-ethyl adjacent to an activating group) is 1. The second kappa shape index (κ2) is 7.78. The Kier molecular flexibility index (Phi) is 6.37. The van der Waals surface area contributed by atoms with E-state index in [1.54, 1.807) is 19.1 Å². The van der Waals surface area contributed by atoms with Crippen molar-refractivity contribution in [1.29, 1.82) is 0 Å². The van der Waals surface area contributed by atoms with Gasteiger partial charge in [-0.1, -0.05) is 17.9 Å². The number of carbonyl (C=O) groups is 1. The number of benzene rings is 1. The van der Waals surface area contributed by atoms with Crippen LogP contribution in [0.1, 0.15) is 17.5 Å². The Hall–Kier alpha value is -1.88. The molecule has 0 saturated carbocycles. The van der Waals surface area contributed by atoms with Crippen LogP contribution in [0.25, 0.3) is 0 Å². The summed E-state index contributed by atoms with van der Waals surface area (Å²) in [6.07, 6.45) is 0.324. The number of carbonyl (C=O) groups excluding carboxylic acids is 1. The van der Waals surface area contributed by atoms with Crippen LogP contribution in [0, 0.1) is 18.8 Å². The highest BCUT2D eigenvalue weighted by molar-refractivity contribution is 7.89. The summed E-state index contributed by atoms with van der Waals surface area (Å²) in [6.45, 7) is 1.30. The van der Waals surface area contributed by atoms with Gasteiger partial charge in [0.25, 0.3) is 0 Å².